The molecule has 19 heavy (non-hydrogen) atoms. The van der Waals surface area contributed by atoms with Crippen molar-refractivity contribution in [2.45, 2.75) is 65.6 Å². The van der Waals surface area contributed by atoms with Gasteiger partial charge in [-0.05, 0) is 26.2 Å². The van der Waals surface area contributed by atoms with Crippen LogP contribution >= 0.6 is 0 Å². The highest BCUT2D eigenvalue weighted by Crippen LogP contribution is 2.38. The summed E-state index contributed by atoms with van der Waals surface area (Å²) in [6.07, 6.45) is 0.613. The van der Waals surface area contributed by atoms with Crippen LogP contribution in [0.25, 0.3) is 0 Å². The maximum absolute atomic E-state index is 9.60. The molecule has 0 aromatic carbocycles. The molecule has 0 amide bonds. The monoisotopic (exact) mass is 274 g/mol. The van der Waals surface area contributed by atoms with Crippen LogP contribution in [0.1, 0.15) is 41.0 Å². The topological polar surface area (TPSA) is 47.9 Å². The van der Waals surface area contributed by atoms with Crippen LogP contribution < -0.4 is 0 Å². The molecule has 1 aliphatic heterocycles. The maximum Gasteiger partial charge on any atom is 0.163 e. The van der Waals surface area contributed by atoms with E-state index in [2.05, 4.69) is 20.8 Å². The third-order valence-electron chi connectivity index (χ3n) is 3.99. The third kappa shape index (κ3) is 3.91. The molecule has 0 aromatic rings. The minimum absolute atomic E-state index is 0.0110. The van der Waals surface area contributed by atoms with Crippen LogP contribution in [0.2, 0.25) is 0 Å². The van der Waals surface area contributed by atoms with Gasteiger partial charge in [0.2, 0.25) is 0 Å². The average molecular weight is 274 g/mol. The fourth-order valence-electron chi connectivity index (χ4n) is 3.15. The molecule has 1 rings (SSSR count). The van der Waals surface area contributed by atoms with Crippen LogP contribution in [0.3, 0.4) is 0 Å². The van der Waals surface area contributed by atoms with Gasteiger partial charge in [0.05, 0.1) is 24.9 Å². The fraction of sp³-hybridized carbons (Fsp3) is 1.00. The van der Waals surface area contributed by atoms with Crippen molar-refractivity contribution < 1.29 is 19.3 Å². The highest BCUT2D eigenvalue weighted by molar-refractivity contribution is 4.91. The van der Waals surface area contributed by atoms with Crippen molar-refractivity contribution in [1.82, 2.24) is 0 Å². The summed E-state index contributed by atoms with van der Waals surface area (Å²) in [6.45, 7) is 10.4. The van der Waals surface area contributed by atoms with Gasteiger partial charge >= 0.3 is 0 Å². The van der Waals surface area contributed by atoms with Crippen molar-refractivity contribution in [1.29, 1.82) is 0 Å². The second-order valence-corrected chi connectivity index (χ2v) is 6.00. The largest absolute Gasteiger partial charge is 0.394 e. The predicted octanol–water partition coefficient (Wildman–Crippen LogP) is 2.44. The van der Waals surface area contributed by atoms with Crippen molar-refractivity contribution in [3.63, 3.8) is 0 Å². The lowest BCUT2D eigenvalue weighted by Gasteiger charge is -2.47. The lowest BCUT2D eigenvalue weighted by molar-refractivity contribution is -0.291. The minimum Gasteiger partial charge on any atom is -0.394 e. The Morgan fingerprint density at radius 3 is 2.21 bits per heavy atom. The van der Waals surface area contributed by atoms with Gasteiger partial charge in [0.25, 0.3) is 0 Å². The van der Waals surface area contributed by atoms with Crippen molar-refractivity contribution in [2.24, 2.45) is 17.8 Å². The summed E-state index contributed by atoms with van der Waals surface area (Å²) in [5.74, 6) is 0.811. The Morgan fingerprint density at radius 2 is 1.84 bits per heavy atom. The van der Waals surface area contributed by atoms with Crippen LogP contribution in [0.15, 0.2) is 0 Å². The predicted molar refractivity (Wildman–Crippen MR) is 74.9 cm³/mol. The average Bonchev–Trinajstić information content (AvgIpc) is 2.35. The Hall–Kier alpha value is -0.160. The van der Waals surface area contributed by atoms with Crippen molar-refractivity contribution in [2.75, 3.05) is 13.7 Å². The normalized spacial score (nSPS) is 36.2. The van der Waals surface area contributed by atoms with Gasteiger partial charge in [-0.15, -0.1) is 0 Å². The van der Waals surface area contributed by atoms with Gasteiger partial charge in [0.15, 0.2) is 6.29 Å². The summed E-state index contributed by atoms with van der Waals surface area (Å²) in [4.78, 5) is 0. The van der Waals surface area contributed by atoms with Crippen molar-refractivity contribution >= 4 is 0 Å². The lowest BCUT2D eigenvalue weighted by Crippen LogP contribution is -2.55. The number of rotatable bonds is 6. The molecular weight excluding hydrogens is 244 g/mol. The van der Waals surface area contributed by atoms with E-state index in [9.17, 15) is 5.11 Å². The number of methoxy groups -OCH3 is 1. The van der Waals surface area contributed by atoms with E-state index in [-0.39, 0.29) is 43.0 Å². The first-order valence-electron chi connectivity index (χ1n) is 7.40. The zero-order valence-corrected chi connectivity index (χ0v) is 13.1. The number of hydrogen-bond donors (Lipinski definition) is 1. The Bertz CT molecular complexity index is 255. The van der Waals surface area contributed by atoms with Gasteiger partial charge < -0.3 is 19.3 Å². The molecule has 1 fully saturated rings. The van der Waals surface area contributed by atoms with Crippen LogP contribution in [0, 0.1) is 17.8 Å². The number of aliphatic hydroxyl groups is 1. The third-order valence-corrected chi connectivity index (χ3v) is 3.99. The molecule has 5 unspecified atom stereocenters. The van der Waals surface area contributed by atoms with Gasteiger partial charge in [-0.3, -0.25) is 0 Å². The molecule has 0 saturated carbocycles. The van der Waals surface area contributed by atoms with Crippen LogP contribution in [0.4, 0.5) is 0 Å². The molecule has 0 aromatic heterocycles. The van der Waals surface area contributed by atoms with Crippen molar-refractivity contribution in [3.05, 3.63) is 0 Å². The zero-order valence-electron chi connectivity index (χ0n) is 13.1. The molecule has 4 heteroatoms. The summed E-state index contributed by atoms with van der Waals surface area (Å²) < 4.78 is 17.6. The Kier molecular flexibility index (Phi) is 6.74. The standard InChI is InChI=1S/C15H30O4/c1-7-11-14(17-6)13(9(2)3)12(8-16)19-15(11)18-10(4)5/h9-16H,7-8H2,1-6H3. The Morgan fingerprint density at radius 1 is 1.21 bits per heavy atom. The SMILES string of the molecule is CCC1C(OC(C)C)OC(CO)C(C(C)C)C1OC. The molecule has 114 valence electrons. The van der Waals surface area contributed by atoms with E-state index in [4.69, 9.17) is 14.2 Å². The van der Waals surface area contributed by atoms with Gasteiger partial charge in [-0.2, -0.15) is 0 Å². The molecule has 4 nitrogen and oxygen atoms in total. The number of ether oxygens (including phenoxy) is 3. The molecule has 5 atom stereocenters. The quantitative estimate of drug-likeness (QED) is 0.808. The van der Waals surface area contributed by atoms with E-state index in [1.54, 1.807) is 7.11 Å². The van der Waals surface area contributed by atoms with E-state index >= 15 is 0 Å². The second kappa shape index (κ2) is 7.58. The van der Waals surface area contributed by atoms with E-state index in [0.29, 0.717) is 5.92 Å². The van der Waals surface area contributed by atoms with Crippen LogP contribution in [0.5, 0.6) is 0 Å². The van der Waals surface area contributed by atoms with Crippen LogP contribution in [-0.2, 0) is 14.2 Å². The first-order valence-corrected chi connectivity index (χ1v) is 7.40. The fourth-order valence-corrected chi connectivity index (χ4v) is 3.15. The molecule has 0 aliphatic carbocycles. The molecule has 0 radical (unpaired) electrons. The highest BCUT2D eigenvalue weighted by Gasteiger charge is 2.46. The molecular formula is C15H30O4. The minimum atomic E-state index is -0.290. The number of aliphatic hydroxyl groups excluding tert-OH is 1. The van der Waals surface area contributed by atoms with Gasteiger partial charge in [0.1, 0.15) is 0 Å². The van der Waals surface area contributed by atoms with Gasteiger partial charge in [0, 0.05) is 18.9 Å². The van der Waals surface area contributed by atoms with Crippen LogP contribution in [-0.4, -0.2) is 43.4 Å². The van der Waals surface area contributed by atoms with E-state index in [1.807, 2.05) is 13.8 Å². The first kappa shape index (κ1) is 16.9. The molecule has 0 bridgehead atoms. The Balaban J connectivity index is 2.95. The second-order valence-electron chi connectivity index (χ2n) is 6.00. The van der Waals surface area contributed by atoms with E-state index in [1.165, 1.54) is 0 Å². The summed E-state index contributed by atoms with van der Waals surface area (Å²) in [7, 11) is 1.74. The Labute approximate surface area is 117 Å². The van der Waals surface area contributed by atoms with Gasteiger partial charge in [-0.25, -0.2) is 0 Å². The smallest absolute Gasteiger partial charge is 0.163 e. The van der Waals surface area contributed by atoms with E-state index in [0.717, 1.165) is 6.42 Å². The summed E-state index contributed by atoms with van der Waals surface area (Å²) >= 11 is 0. The molecule has 0 spiro atoms. The molecule has 1 saturated heterocycles. The molecule has 1 N–H and O–H groups in total. The first-order chi connectivity index (χ1) is 8.96. The highest BCUT2D eigenvalue weighted by atomic mass is 16.7. The summed E-state index contributed by atoms with van der Waals surface area (Å²) in [5.41, 5.74) is 0. The molecule has 1 aliphatic rings. The molecule has 1 heterocycles. The van der Waals surface area contributed by atoms with E-state index < -0.39 is 0 Å². The summed E-state index contributed by atoms with van der Waals surface area (Å²) in [6, 6.07) is 0. The lowest BCUT2D eigenvalue weighted by atomic mass is 9.76. The van der Waals surface area contributed by atoms with Gasteiger partial charge in [-0.1, -0.05) is 20.8 Å². The zero-order chi connectivity index (χ0) is 14.6. The maximum atomic E-state index is 9.60. The summed E-state index contributed by atoms with van der Waals surface area (Å²) in [5, 5.41) is 9.60. The van der Waals surface area contributed by atoms with Crippen molar-refractivity contribution in [3.8, 4) is 0 Å². The number of hydrogen-bond acceptors (Lipinski definition) is 4.